The van der Waals surface area contributed by atoms with E-state index in [2.05, 4.69) is 55.3 Å². The van der Waals surface area contributed by atoms with Crippen molar-refractivity contribution in [3.05, 3.63) is 93.9 Å². The third kappa shape index (κ3) is 4.29. The van der Waals surface area contributed by atoms with Crippen LogP contribution in [0.4, 0.5) is 17.7 Å². The van der Waals surface area contributed by atoms with Gasteiger partial charge in [-0.25, -0.2) is 9.97 Å². The van der Waals surface area contributed by atoms with Crippen molar-refractivity contribution in [1.82, 2.24) is 19.5 Å². The van der Waals surface area contributed by atoms with Crippen molar-refractivity contribution in [2.24, 2.45) is 0 Å². The molecule has 2 aromatic heterocycles. The second-order valence-electron chi connectivity index (χ2n) is 8.75. The van der Waals surface area contributed by atoms with E-state index in [0.29, 0.717) is 24.1 Å². The van der Waals surface area contributed by atoms with Gasteiger partial charge in [-0.3, -0.25) is 14.3 Å². The highest BCUT2D eigenvalue weighted by Gasteiger charge is 2.23. The summed E-state index contributed by atoms with van der Waals surface area (Å²) in [6.07, 6.45) is 2.58. The zero-order valence-electron chi connectivity index (χ0n) is 19.7. The maximum absolute atomic E-state index is 13.0. The van der Waals surface area contributed by atoms with Gasteiger partial charge < -0.3 is 5.32 Å². The molecule has 2 aromatic carbocycles. The van der Waals surface area contributed by atoms with Gasteiger partial charge in [0, 0.05) is 30.9 Å². The molecular formula is C27H28N6O. The van der Waals surface area contributed by atoms with Crippen LogP contribution in [0.25, 0.3) is 11.3 Å². The number of nitrogens with zero attached hydrogens (tertiary/aromatic N) is 5. The number of hydrogen-bond donors (Lipinski definition) is 1. The van der Waals surface area contributed by atoms with Crippen LogP contribution in [0.2, 0.25) is 0 Å². The summed E-state index contributed by atoms with van der Waals surface area (Å²) in [5.41, 5.74) is 5.12. The van der Waals surface area contributed by atoms with E-state index < -0.39 is 0 Å². The molecule has 0 radical (unpaired) electrons. The third-order valence-corrected chi connectivity index (χ3v) is 6.36. The molecule has 0 saturated carbocycles. The average Bonchev–Trinajstić information content (AvgIpc) is 2.86. The molecule has 0 fully saturated rings. The Kier molecular flexibility index (Phi) is 5.84. The fourth-order valence-electron chi connectivity index (χ4n) is 4.25. The summed E-state index contributed by atoms with van der Waals surface area (Å²) >= 11 is 0. The molecule has 0 saturated heterocycles. The lowest BCUT2D eigenvalue weighted by Crippen LogP contribution is -2.36. The SMILES string of the molecule is Cc1ccc(-c2cc(=O)n3c(n2)N(c2ccnc(N[C@@H](C)c4ccccc4)n2)CCC3)cc1C. The van der Waals surface area contributed by atoms with Crippen molar-refractivity contribution >= 4 is 17.7 Å². The van der Waals surface area contributed by atoms with Crippen molar-refractivity contribution in [3.63, 3.8) is 0 Å². The number of benzene rings is 2. The van der Waals surface area contributed by atoms with E-state index in [1.165, 1.54) is 11.1 Å². The number of fused-ring (bicyclic) bond motifs is 1. The van der Waals surface area contributed by atoms with Crippen LogP contribution in [-0.4, -0.2) is 26.1 Å². The minimum Gasteiger partial charge on any atom is -0.348 e. The first-order chi connectivity index (χ1) is 16.5. The molecule has 5 rings (SSSR count). The highest BCUT2D eigenvalue weighted by molar-refractivity contribution is 5.64. The van der Waals surface area contributed by atoms with E-state index in [1.807, 2.05) is 35.2 Å². The topological polar surface area (TPSA) is 75.9 Å². The summed E-state index contributed by atoms with van der Waals surface area (Å²) in [4.78, 5) is 29.1. The standard InChI is InChI=1S/C27H28N6O/c1-18-10-11-22(16-19(18)2)23-17-25(34)33-15-7-14-32(27(33)30-23)24-12-13-28-26(31-24)29-20(3)21-8-5-4-6-9-21/h4-6,8-13,16-17,20H,7,14-15H2,1-3H3,(H,28,29,31)/t20-/m0/s1. The first-order valence-corrected chi connectivity index (χ1v) is 11.6. The van der Waals surface area contributed by atoms with Crippen molar-refractivity contribution in [2.75, 3.05) is 16.8 Å². The maximum Gasteiger partial charge on any atom is 0.255 e. The number of rotatable bonds is 5. The zero-order valence-corrected chi connectivity index (χ0v) is 19.7. The normalized spacial score (nSPS) is 13.9. The van der Waals surface area contributed by atoms with E-state index in [4.69, 9.17) is 9.97 Å². The molecule has 0 aliphatic carbocycles. The predicted octanol–water partition coefficient (Wildman–Crippen LogP) is 5.03. The second kappa shape index (κ2) is 9.09. The molecule has 0 amide bonds. The molecule has 34 heavy (non-hydrogen) atoms. The Morgan fingerprint density at radius 1 is 0.941 bits per heavy atom. The third-order valence-electron chi connectivity index (χ3n) is 6.36. The summed E-state index contributed by atoms with van der Waals surface area (Å²) in [7, 11) is 0. The largest absolute Gasteiger partial charge is 0.348 e. The van der Waals surface area contributed by atoms with Gasteiger partial charge in [-0.15, -0.1) is 0 Å². The van der Waals surface area contributed by atoms with Crippen LogP contribution >= 0.6 is 0 Å². The summed E-state index contributed by atoms with van der Waals surface area (Å²) in [5.74, 6) is 1.88. The number of anilines is 3. The molecule has 0 spiro atoms. The van der Waals surface area contributed by atoms with Crippen molar-refractivity contribution in [1.29, 1.82) is 0 Å². The van der Waals surface area contributed by atoms with Gasteiger partial charge in [0.2, 0.25) is 11.9 Å². The zero-order chi connectivity index (χ0) is 23.7. The first kappa shape index (κ1) is 21.8. The van der Waals surface area contributed by atoms with E-state index >= 15 is 0 Å². The molecule has 1 aliphatic heterocycles. The van der Waals surface area contributed by atoms with Gasteiger partial charge >= 0.3 is 0 Å². The van der Waals surface area contributed by atoms with Gasteiger partial charge in [0.15, 0.2) is 0 Å². The average molecular weight is 453 g/mol. The molecule has 3 heterocycles. The summed E-state index contributed by atoms with van der Waals surface area (Å²) in [6, 6.07) is 19.9. The van der Waals surface area contributed by atoms with Crippen LogP contribution < -0.4 is 15.8 Å². The summed E-state index contributed by atoms with van der Waals surface area (Å²) in [6.45, 7) is 7.61. The number of nitrogens with one attached hydrogen (secondary N) is 1. The van der Waals surface area contributed by atoms with E-state index in [9.17, 15) is 4.79 Å². The van der Waals surface area contributed by atoms with E-state index in [1.54, 1.807) is 16.8 Å². The Morgan fingerprint density at radius 3 is 2.56 bits per heavy atom. The van der Waals surface area contributed by atoms with Crippen molar-refractivity contribution in [2.45, 2.75) is 39.8 Å². The van der Waals surface area contributed by atoms with Gasteiger partial charge in [0.1, 0.15) is 5.82 Å². The maximum atomic E-state index is 13.0. The highest BCUT2D eigenvalue weighted by atomic mass is 16.1. The molecule has 172 valence electrons. The quantitative estimate of drug-likeness (QED) is 0.458. The predicted molar refractivity (Wildman–Crippen MR) is 136 cm³/mol. The Bertz CT molecular complexity index is 1380. The molecule has 4 aromatic rings. The Morgan fingerprint density at radius 2 is 1.76 bits per heavy atom. The number of aryl methyl sites for hydroxylation is 2. The van der Waals surface area contributed by atoms with Crippen molar-refractivity contribution < 1.29 is 0 Å². The first-order valence-electron chi connectivity index (χ1n) is 11.6. The van der Waals surface area contributed by atoms with E-state index in [0.717, 1.165) is 29.9 Å². The molecule has 7 heteroatoms. The van der Waals surface area contributed by atoms with Gasteiger partial charge in [-0.1, -0.05) is 42.5 Å². The number of aromatic nitrogens is 4. The lowest BCUT2D eigenvalue weighted by molar-refractivity contribution is 0.561. The van der Waals surface area contributed by atoms with Gasteiger partial charge in [-0.2, -0.15) is 4.98 Å². The fourth-order valence-corrected chi connectivity index (χ4v) is 4.25. The van der Waals surface area contributed by atoms with Crippen LogP contribution in [-0.2, 0) is 6.54 Å². The summed E-state index contributed by atoms with van der Waals surface area (Å²) < 4.78 is 1.73. The lowest BCUT2D eigenvalue weighted by Gasteiger charge is -2.30. The smallest absolute Gasteiger partial charge is 0.255 e. The number of hydrogen-bond acceptors (Lipinski definition) is 6. The monoisotopic (exact) mass is 452 g/mol. The van der Waals surface area contributed by atoms with Crippen LogP contribution in [0.3, 0.4) is 0 Å². The Balaban J connectivity index is 1.49. The van der Waals surface area contributed by atoms with Crippen LogP contribution in [0.5, 0.6) is 0 Å². The molecule has 0 unspecified atom stereocenters. The summed E-state index contributed by atoms with van der Waals surface area (Å²) in [5, 5.41) is 3.38. The Labute approximate surface area is 199 Å². The second-order valence-corrected chi connectivity index (χ2v) is 8.75. The van der Waals surface area contributed by atoms with Crippen molar-refractivity contribution in [3.8, 4) is 11.3 Å². The van der Waals surface area contributed by atoms with Gasteiger partial charge in [-0.05, 0) is 56.0 Å². The van der Waals surface area contributed by atoms with Crippen LogP contribution in [0.1, 0.15) is 36.1 Å². The molecular weight excluding hydrogens is 424 g/mol. The minimum atomic E-state index is -0.0481. The van der Waals surface area contributed by atoms with Crippen LogP contribution in [0, 0.1) is 13.8 Å². The van der Waals surface area contributed by atoms with Crippen LogP contribution in [0.15, 0.2) is 71.7 Å². The minimum absolute atomic E-state index is 0.0481. The Hall–Kier alpha value is -4.00. The van der Waals surface area contributed by atoms with Gasteiger partial charge in [0.05, 0.1) is 11.7 Å². The molecule has 0 bridgehead atoms. The molecule has 7 nitrogen and oxygen atoms in total. The van der Waals surface area contributed by atoms with Gasteiger partial charge in [0.25, 0.3) is 5.56 Å². The van der Waals surface area contributed by atoms with E-state index in [-0.39, 0.29) is 11.6 Å². The molecule has 1 N–H and O–H groups in total. The highest BCUT2D eigenvalue weighted by Crippen LogP contribution is 2.29. The fraction of sp³-hybridized carbons (Fsp3) is 0.259. The molecule has 1 aliphatic rings. The molecule has 1 atom stereocenters. The lowest BCUT2D eigenvalue weighted by atomic mass is 10.0.